The quantitative estimate of drug-likeness (QED) is 0.772. The van der Waals surface area contributed by atoms with Crippen LogP contribution in [0.3, 0.4) is 0 Å². The van der Waals surface area contributed by atoms with Crippen molar-refractivity contribution in [1.29, 1.82) is 0 Å². The van der Waals surface area contributed by atoms with Gasteiger partial charge in [-0.05, 0) is 30.5 Å². The van der Waals surface area contributed by atoms with Crippen molar-refractivity contribution in [3.05, 3.63) is 28.8 Å². The minimum absolute atomic E-state index is 0.0396. The summed E-state index contributed by atoms with van der Waals surface area (Å²) in [6.07, 6.45) is -4.67. The number of aromatic hydroxyl groups is 1. The molecule has 0 bridgehead atoms. The number of benzene rings is 1. The van der Waals surface area contributed by atoms with Gasteiger partial charge in [0.1, 0.15) is 11.9 Å². The van der Waals surface area contributed by atoms with Crippen LogP contribution in [0.2, 0.25) is 0 Å². The monoisotopic (exact) mass is 202 g/mol. The third kappa shape index (κ3) is 1.85. The topological polar surface area (TPSA) is 40.5 Å². The van der Waals surface area contributed by atoms with Crippen molar-refractivity contribution in [3.63, 3.8) is 0 Å². The number of phenols is 1. The summed E-state index contributed by atoms with van der Waals surface area (Å²) >= 11 is 0. The molecule has 1 rings (SSSR count). The average molecular weight is 202 g/mol. The second-order valence-electron chi connectivity index (χ2n) is 3.22. The molecule has 0 saturated carbocycles. The van der Waals surface area contributed by atoms with E-state index in [4.69, 9.17) is 5.11 Å². The van der Waals surface area contributed by atoms with Crippen LogP contribution in [-0.2, 0) is 0 Å². The minimum atomic E-state index is -2.84. The van der Waals surface area contributed by atoms with E-state index in [1.54, 1.807) is 6.92 Å². The second kappa shape index (κ2) is 3.92. The number of halogens is 2. The molecule has 4 heteroatoms. The fraction of sp³-hybridized carbons (Fsp3) is 0.400. The van der Waals surface area contributed by atoms with E-state index in [9.17, 15) is 13.9 Å². The SMILES string of the molecule is Cc1ccc(C(O)C(F)F)c(C)c1O. The van der Waals surface area contributed by atoms with Crippen molar-refractivity contribution >= 4 is 0 Å². The van der Waals surface area contributed by atoms with Gasteiger partial charge in [-0.25, -0.2) is 8.78 Å². The largest absolute Gasteiger partial charge is 0.507 e. The lowest BCUT2D eigenvalue weighted by molar-refractivity contribution is -0.00623. The van der Waals surface area contributed by atoms with Crippen LogP contribution in [-0.4, -0.2) is 16.6 Å². The molecule has 0 amide bonds. The predicted octanol–water partition coefficient (Wildman–Crippen LogP) is 2.31. The maximum absolute atomic E-state index is 12.2. The predicted molar refractivity (Wildman–Crippen MR) is 48.5 cm³/mol. The number of aryl methyl sites for hydroxylation is 1. The molecule has 1 atom stereocenters. The molecule has 0 aromatic heterocycles. The van der Waals surface area contributed by atoms with Crippen LogP contribution in [0.4, 0.5) is 8.78 Å². The normalized spacial score (nSPS) is 13.3. The zero-order valence-corrected chi connectivity index (χ0v) is 7.96. The fourth-order valence-electron chi connectivity index (χ4n) is 1.31. The Bertz CT molecular complexity index is 337. The molecule has 0 saturated heterocycles. The van der Waals surface area contributed by atoms with Gasteiger partial charge in [0.15, 0.2) is 0 Å². The Kier molecular flexibility index (Phi) is 3.06. The van der Waals surface area contributed by atoms with Crippen molar-refractivity contribution in [1.82, 2.24) is 0 Å². The van der Waals surface area contributed by atoms with E-state index in [0.29, 0.717) is 11.1 Å². The molecule has 0 spiro atoms. The lowest BCUT2D eigenvalue weighted by Gasteiger charge is -2.14. The fourth-order valence-corrected chi connectivity index (χ4v) is 1.31. The van der Waals surface area contributed by atoms with Gasteiger partial charge in [-0.2, -0.15) is 0 Å². The summed E-state index contributed by atoms with van der Waals surface area (Å²) in [5.41, 5.74) is 0.980. The molecule has 2 N–H and O–H groups in total. The summed E-state index contributed by atoms with van der Waals surface area (Å²) in [6.45, 7) is 3.17. The van der Waals surface area contributed by atoms with Crippen molar-refractivity contribution in [3.8, 4) is 5.75 Å². The Balaban J connectivity index is 3.17. The molecule has 1 unspecified atom stereocenters. The maximum Gasteiger partial charge on any atom is 0.268 e. The van der Waals surface area contributed by atoms with Gasteiger partial charge in [0.05, 0.1) is 0 Å². The van der Waals surface area contributed by atoms with Gasteiger partial charge in [0.2, 0.25) is 0 Å². The zero-order valence-electron chi connectivity index (χ0n) is 7.96. The highest BCUT2D eigenvalue weighted by molar-refractivity contribution is 5.44. The van der Waals surface area contributed by atoms with E-state index in [0.717, 1.165) is 0 Å². The van der Waals surface area contributed by atoms with Crippen LogP contribution in [0.25, 0.3) is 0 Å². The third-order valence-corrected chi connectivity index (χ3v) is 2.23. The first kappa shape index (κ1) is 10.9. The zero-order chi connectivity index (χ0) is 10.9. The van der Waals surface area contributed by atoms with Gasteiger partial charge >= 0.3 is 0 Å². The summed E-state index contributed by atoms with van der Waals surface area (Å²) in [5, 5.41) is 18.6. The van der Waals surface area contributed by atoms with Crippen molar-refractivity contribution in [2.24, 2.45) is 0 Å². The van der Waals surface area contributed by atoms with Crippen molar-refractivity contribution in [2.45, 2.75) is 26.4 Å². The summed E-state index contributed by atoms with van der Waals surface area (Å²) in [7, 11) is 0. The average Bonchev–Trinajstić information content (AvgIpc) is 2.13. The van der Waals surface area contributed by atoms with Crippen LogP contribution in [0, 0.1) is 13.8 Å². The molecule has 0 aliphatic heterocycles. The molecule has 1 aromatic carbocycles. The Morgan fingerprint density at radius 1 is 1.21 bits per heavy atom. The number of aliphatic hydroxyl groups is 1. The summed E-state index contributed by atoms with van der Waals surface area (Å²) in [6, 6.07) is 2.91. The van der Waals surface area contributed by atoms with Gasteiger partial charge in [0.25, 0.3) is 6.43 Å². The highest BCUT2D eigenvalue weighted by atomic mass is 19.3. The van der Waals surface area contributed by atoms with E-state index in [2.05, 4.69) is 0 Å². The van der Waals surface area contributed by atoms with Gasteiger partial charge in [-0.15, -0.1) is 0 Å². The van der Waals surface area contributed by atoms with Gasteiger partial charge in [-0.1, -0.05) is 12.1 Å². The number of aliphatic hydroxyl groups excluding tert-OH is 1. The standard InChI is InChI=1S/C10H12F2O2/c1-5-3-4-7(6(2)8(5)13)9(14)10(11)12/h3-4,9-10,13-14H,1-2H3. The van der Waals surface area contributed by atoms with Crippen LogP contribution in [0.1, 0.15) is 22.8 Å². The summed E-state index contributed by atoms with van der Waals surface area (Å²) < 4.78 is 24.4. The Morgan fingerprint density at radius 2 is 1.79 bits per heavy atom. The molecule has 2 nitrogen and oxygen atoms in total. The van der Waals surface area contributed by atoms with Crippen LogP contribution in [0.5, 0.6) is 5.75 Å². The molecule has 78 valence electrons. The Morgan fingerprint density at radius 3 is 2.29 bits per heavy atom. The molecule has 0 heterocycles. The maximum atomic E-state index is 12.2. The first-order valence-corrected chi connectivity index (χ1v) is 4.20. The summed E-state index contributed by atoms with van der Waals surface area (Å²) in [5.74, 6) is -0.0396. The molecule has 0 fully saturated rings. The number of phenolic OH excluding ortho intramolecular Hbond substituents is 1. The lowest BCUT2D eigenvalue weighted by atomic mass is 10.00. The summed E-state index contributed by atoms with van der Waals surface area (Å²) in [4.78, 5) is 0. The number of alkyl halides is 2. The van der Waals surface area contributed by atoms with E-state index < -0.39 is 12.5 Å². The van der Waals surface area contributed by atoms with Gasteiger partial charge in [-0.3, -0.25) is 0 Å². The van der Waals surface area contributed by atoms with Gasteiger partial charge < -0.3 is 10.2 Å². The van der Waals surface area contributed by atoms with Crippen molar-refractivity contribution in [2.75, 3.05) is 0 Å². The Hall–Kier alpha value is -1.16. The molecule has 0 radical (unpaired) electrons. The third-order valence-electron chi connectivity index (χ3n) is 2.23. The number of hydrogen-bond acceptors (Lipinski definition) is 2. The Labute approximate surface area is 80.8 Å². The van der Waals surface area contributed by atoms with E-state index >= 15 is 0 Å². The number of hydrogen-bond donors (Lipinski definition) is 2. The molecule has 0 aliphatic rings. The van der Waals surface area contributed by atoms with Crippen LogP contribution < -0.4 is 0 Å². The van der Waals surface area contributed by atoms with Crippen LogP contribution >= 0.6 is 0 Å². The lowest BCUT2D eigenvalue weighted by Crippen LogP contribution is -2.09. The number of rotatable bonds is 2. The molecule has 0 aliphatic carbocycles. The molecule has 14 heavy (non-hydrogen) atoms. The first-order chi connectivity index (χ1) is 6.45. The smallest absolute Gasteiger partial charge is 0.268 e. The van der Waals surface area contributed by atoms with Crippen LogP contribution in [0.15, 0.2) is 12.1 Å². The highest BCUT2D eigenvalue weighted by Crippen LogP contribution is 2.30. The molecular weight excluding hydrogens is 190 g/mol. The highest BCUT2D eigenvalue weighted by Gasteiger charge is 2.22. The van der Waals surface area contributed by atoms with E-state index in [1.807, 2.05) is 0 Å². The first-order valence-electron chi connectivity index (χ1n) is 4.20. The molecule has 1 aromatic rings. The minimum Gasteiger partial charge on any atom is -0.507 e. The van der Waals surface area contributed by atoms with E-state index in [1.165, 1.54) is 19.1 Å². The second-order valence-corrected chi connectivity index (χ2v) is 3.22. The van der Waals surface area contributed by atoms with Gasteiger partial charge in [0, 0.05) is 0 Å². The van der Waals surface area contributed by atoms with E-state index in [-0.39, 0.29) is 11.3 Å². The molecular formula is C10H12F2O2. The van der Waals surface area contributed by atoms with Crippen molar-refractivity contribution < 1.29 is 19.0 Å².